The Morgan fingerprint density at radius 2 is 2.15 bits per heavy atom. The molecule has 0 saturated heterocycles. The van der Waals surface area contributed by atoms with E-state index in [1.807, 2.05) is 6.92 Å². The minimum absolute atomic E-state index is 0.280. The second-order valence-corrected chi connectivity index (χ2v) is 2.64. The van der Waals surface area contributed by atoms with Crippen LogP contribution in [0.15, 0.2) is 18.2 Å². The van der Waals surface area contributed by atoms with Crippen molar-refractivity contribution < 1.29 is 13.9 Å². The molecule has 0 fully saturated rings. The van der Waals surface area contributed by atoms with Crippen LogP contribution >= 0.6 is 0 Å². The van der Waals surface area contributed by atoms with Crippen molar-refractivity contribution in [3.63, 3.8) is 0 Å². The quantitative estimate of drug-likeness (QED) is 0.716. The van der Waals surface area contributed by atoms with Crippen LogP contribution in [0.3, 0.4) is 0 Å². The van der Waals surface area contributed by atoms with Crippen molar-refractivity contribution in [2.24, 2.45) is 0 Å². The number of hydrogen-bond acceptors (Lipinski definition) is 2. The predicted octanol–water partition coefficient (Wildman–Crippen LogP) is 2.62. The van der Waals surface area contributed by atoms with Crippen LogP contribution in [0.1, 0.15) is 13.3 Å². The number of rotatable bonds is 4. The summed E-state index contributed by atoms with van der Waals surface area (Å²) in [5, 5.41) is 0. The van der Waals surface area contributed by atoms with E-state index in [0.717, 1.165) is 6.42 Å². The summed E-state index contributed by atoms with van der Waals surface area (Å²) in [6.45, 7) is 2.50. The normalized spacial score (nSPS) is 9.77. The van der Waals surface area contributed by atoms with Crippen molar-refractivity contribution in [2.75, 3.05) is 13.7 Å². The minimum Gasteiger partial charge on any atom is -0.497 e. The highest BCUT2D eigenvalue weighted by Crippen LogP contribution is 2.22. The molecule has 0 saturated carbocycles. The standard InChI is InChI=1S/C10H13FO2/c1-3-6-13-10-5-4-8(12-2)7-9(10)11/h4-5,7H,3,6H2,1-2H3. The lowest BCUT2D eigenvalue weighted by atomic mass is 10.3. The van der Waals surface area contributed by atoms with Crippen molar-refractivity contribution in [1.29, 1.82) is 0 Å². The van der Waals surface area contributed by atoms with Gasteiger partial charge in [0, 0.05) is 6.07 Å². The smallest absolute Gasteiger partial charge is 0.168 e. The molecule has 0 aliphatic rings. The molecule has 2 nitrogen and oxygen atoms in total. The molecular formula is C10H13FO2. The van der Waals surface area contributed by atoms with Gasteiger partial charge in [0.2, 0.25) is 0 Å². The van der Waals surface area contributed by atoms with Gasteiger partial charge in [-0.3, -0.25) is 0 Å². The van der Waals surface area contributed by atoms with Crippen molar-refractivity contribution in [1.82, 2.24) is 0 Å². The molecule has 0 spiro atoms. The van der Waals surface area contributed by atoms with E-state index in [1.54, 1.807) is 12.1 Å². The molecule has 1 rings (SSSR count). The highest BCUT2D eigenvalue weighted by Gasteiger charge is 2.03. The lowest BCUT2D eigenvalue weighted by Gasteiger charge is -2.06. The molecule has 0 aliphatic carbocycles. The summed E-state index contributed by atoms with van der Waals surface area (Å²) in [6.07, 6.45) is 0.867. The van der Waals surface area contributed by atoms with Crippen LogP contribution in [0.5, 0.6) is 11.5 Å². The van der Waals surface area contributed by atoms with Crippen LogP contribution in [-0.4, -0.2) is 13.7 Å². The molecule has 1 aromatic carbocycles. The van der Waals surface area contributed by atoms with Gasteiger partial charge in [-0.05, 0) is 18.6 Å². The Morgan fingerprint density at radius 3 is 2.69 bits per heavy atom. The first-order valence-electron chi connectivity index (χ1n) is 4.24. The molecule has 0 atom stereocenters. The number of ether oxygens (including phenoxy) is 2. The molecule has 0 N–H and O–H groups in total. The van der Waals surface area contributed by atoms with Crippen LogP contribution in [0, 0.1) is 5.82 Å². The zero-order valence-corrected chi connectivity index (χ0v) is 7.84. The van der Waals surface area contributed by atoms with Gasteiger partial charge in [0.15, 0.2) is 11.6 Å². The molecule has 0 bridgehead atoms. The summed E-state index contributed by atoms with van der Waals surface area (Å²) in [6, 6.07) is 4.56. The Labute approximate surface area is 77.3 Å². The van der Waals surface area contributed by atoms with E-state index < -0.39 is 0 Å². The Balaban J connectivity index is 2.73. The minimum atomic E-state index is -0.382. The molecule has 0 amide bonds. The van der Waals surface area contributed by atoms with Crippen molar-refractivity contribution in [2.45, 2.75) is 13.3 Å². The first-order valence-corrected chi connectivity index (χ1v) is 4.24. The summed E-state index contributed by atoms with van der Waals surface area (Å²) < 4.78 is 23.2. The zero-order valence-electron chi connectivity index (χ0n) is 7.84. The van der Waals surface area contributed by atoms with Gasteiger partial charge in [0.25, 0.3) is 0 Å². The number of methoxy groups -OCH3 is 1. The third-order valence-corrected chi connectivity index (χ3v) is 1.60. The van der Waals surface area contributed by atoms with Crippen LogP contribution < -0.4 is 9.47 Å². The first-order chi connectivity index (χ1) is 6.27. The molecule has 0 unspecified atom stereocenters. The van der Waals surface area contributed by atoms with Crippen LogP contribution in [0.4, 0.5) is 4.39 Å². The van der Waals surface area contributed by atoms with E-state index in [0.29, 0.717) is 12.4 Å². The topological polar surface area (TPSA) is 18.5 Å². The summed E-state index contributed by atoms with van der Waals surface area (Å²) in [5.41, 5.74) is 0. The van der Waals surface area contributed by atoms with Crippen molar-refractivity contribution in [3.05, 3.63) is 24.0 Å². The fourth-order valence-corrected chi connectivity index (χ4v) is 0.938. The average Bonchev–Trinajstić information content (AvgIpc) is 2.16. The molecule has 0 radical (unpaired) electrons. The monoisotopic (exact) mass is 184 g/mol. The number of hydrogen-bond donors (Lipinski definition) is 0. The van der Waals surface area contributed by atoms with E-state index in [1.165, 1.54) is 13.2 Å². The van der Waals surface area contributed by atoms with Gasteiger partial charge in [-0.1, -0.05) is 6.92 Å². The van der Waals surface area contributed by atoms with E-state index in [2.05, 4.69) is 0 Å². The first kappa shape index (κ1) is 9.84. The highest BCUT2D eigenvalue weighted by atomic mass is 19.1. The maximum Gasteiger partial charge on any atom is 0.168 e. The fraction of sp³-hybridized carbons (Fsp3) is 0.400. The Bertz CT molecular complexity index is 274. The van der Waals surface area contributed by atoms with E-state index in [9.17, 15) is 4.39 Å². The Kier molecular flexibility index (Phi) is 3.55. The molecular weight excluding hydrogens is 171 g/mol. The van der Waals surface area contributed by atoms with Gasteiger partial charge >= 0.3 is 0 Å². The molecule has 0 aromatic heterocycles. The second kappa shape index (κ2) is 4.70. The Hall–Kier alpha value is -1.25. The number of benzene rings is 1. The summed E-state index contributed by atoms with van der Waals surface area (Å²) in [5.74, 6) is 0.400. The van der Waals surface area contributed by atoms with Crippen LogP contribution in [0.25, 0.3) is 0 Å². The average molecular weight is 184 g/mol. The Morgan fingerprint density at radius 1 is 1.38 bits per heavy atom. The van der Waals surface area contributed by atoms with Gasteiger partial charge in [-0.25, -0.2) is 4.39 Å². The lowest BCUT2D eigenvalue weighted by Crippen LogP contribution is -1.97. The predicted molar refractivity (Wildman–Crippen MR) is 48.7 cm³/mol. The SMILES string of the molecule is CCCOc1ccc(OC)cc1F. The summed E-state index contributed by atoms with van der Waals surface area (Å²) in [7, 11) is 1.50. The molecule has 0 heterocycles. The van der Waals surface area contributed by atoms with E-state index in [-0.39, 0.29) is 11.6 Å². The van der Waals surface area contributed by atoms with Crippen LogP contribution in [0.2, 0.25) is 0 Å². The third kappa shape index (κ3) is 2.61. The fourth-order valence-electron chi connectivity index (χ4n) is 0.938. The highest BCUT2D eigenvalue weighted by molar-refractivity contribution is 5.32. The second-order valence-electron chi connectivity index (χ2n) is 2.64. The zero-order chi connectivity index (χ0) is 9.68. The largest absolute Gasteiger partial charge is 0.497 e. The van der Waals surface area contributed by atoms with Gasteiger partial charge in [-0.2, -0.15) is 0 Å². The number of halogens is 1. The summed E-state index contributed by atoms with van der Waals surface area (Å²) >= 11 is 0. The van der Waals surface area contributed by atoms with Crippen LogP contribution in [-0.2, 0) is 0 Å². The molecule has 1 aromatic rings. The maximum atomic E-state index is 13.2. The van der Waals surface area contributed by atoms with Crippen molar-refractivity contribution >= 4 is 0 Å². The molecule has 0 aliphatic heterocycles. The van der Waals surface area contributed by atoms with Gasteiger partial charge < -0.3 is 9.47 Å². The van der Waals surface area contributed by atoms with Gasteiger partial charge in [0.05, 0.1) is 13.7 Å². The lowest BCUT2D eigenvalue weighted by molar-refractivity contribution is 0.299. The van der Waals surface area contributed by atoms with Crippen molar-refractivity contribution in [3.8, 4) is 11.5 Å². The summed E-state index contributed by atoms with van der Waals surface area (Å²) in [4.78, 5) is 0. The maximum absolute atomic E-state index is 13.2. The molecule has 3 heteroatoms. The van der Waals surface area contributed by atoms with Gasteiger partial charge in [0.1, 0.15) is 5.75 Å². The van der Waals surface area contributed by atoms with Gasteiger partial charge in [-0.15, -0.1) is 0 Å². The van der Waals surface area contributed by atoms with E-state index in [4.69, 9.17) is 9.47 Å². The van der Waals surface area contributed by atoms with E-state index >= 15 is 0 Å². The molecule has 72 valence electrons. The third-order valence-electron chi connectivity index (χ3n) is 1.60. The molecule has 13 heavy (non-hydrogen) atoms.